The van der Waals surface area contributed by atoms with Crippen LogP contribution in [0.4, 0.5) is 5.82 Å². The number of carbonyl (C=O) groups excluding carboxylic acids is 1. The van der Waals surface area contributed by atoms with Gasteiger partial charge in [-0.15, -0.1) is 0 Å². The van der Waals surface area contributed by atoms with Crippen LogP contribution in [0.25, 0.3) is 0 Å². The summed E-state index contributed by atoms with van der Waals surface area (Å²) < 4.78 is 5.69. The van der Waals surface area contributed by atoms with Gasteiger partial charge in [0, 0.05) is 21.1 Å². The van der Waals surface area contributed by atoms with Crippen LogP contribution in [-0.4, -0.2) is 43.0 Å². The van der Waals surface area contributed by atoms with Crippen LogP contribution in [0, 0.1) is 0 Å². The summed E-state index contributed by atoms with van der Waals surface area (Å²) in [5.41, 5.74) is 0.369. The number of amides is 1. The maximum Gasteiger partial charge on any atom is 0.275 e. The highest BCUT2D eigenvalue weighted by atomic mass is 16.5. The second-order valence-corrected chi connectivity index (χ2v) is 4.31. The largest absolute Gasteiger partial charge is 0.488 e. The van der Waals surface area contributed by atoms with E-state index in [0.717, 1.165) is 12.8 Å². The molecular weight excluding hydrogens is 218 g/mol. The van der Waals surface area contributed by atoms with Gasteiger partial charge in [0.2, 0.25) is 0 Å². The van der Waals surface area contributed by atoms with Gasteiger partial charge in [0.25, 0.3) is 5.91 Å². The highest BCUT2D eigenvalue weighted by molar-refractivity contribution is 5.95. The number of carbonyl (C=O) groups is 1. The van der Waals surface area contributed by atoms with E-state index in [1.807, 2.05) is 6.07 Å². The predicted octanol–water partition coefficient (Wildman–Crippen LogP) is 1.37. The first-order valence-corrected chi connectivity index (χ1v) is 5.69. The van der Waals surface area contributed by atoms with Gasteiger partial charge >= 0.3 is 0 Å². The summed E-state index contributed by atoms with van der Waals surface area (Å²) in [6.07, 6.45) is 2.37. The van der Waals surface area contributed by atoms with Crippen molar-refractivity contribution in [1.29, 1.82) is 0 Å². The lowest BCUT2D eigenvalue weighted by atomic mass is 10.3. The van der Waals surface area contributed by atoms with Crippen LogP contribution in [0.3, 0.4) is 0 Å². The number of ether oxygens (including phenoxy) is 1. The molecule has 5 nitrogen and oxygen atoms in total. The minimum absolute atomic E-state index is 0.141. The van der Waals surface area contributed by atoms with Crippen LogP contribution in [0.5, 0.6) is 5.75 Å². The highest BCUT2D eigenvalue weighted by Gasteiger charge is 2.27. The Morgan fingerprint density at radius 3 is 2.71 bits per heavy atom. The number of hydrogen-bond donors (Lipinski definition) is 1. The summed E-state index contributed by atoms with van der Waals surface area (Å²) in [5.74, 6) is 1.10. The van der Waals surface area contributed by atoms with Gasteiger partial charge in [0.1, 0.15) is 5.82 Å². The first kappa shape index (κ1) is 11.7. The zero-order chi connectivity index (χ0) is 12.4. The van der Waals surface area contributed by atoms with Crippen LogP contribution < -0.4 is 10.1 Å². The smallest absolute Gasteiger partial charge is 0.275 e. The quantitative estimate of drug-likeness (QED) is 0.856. The van der Waals surface area contributed by atoms with Gasteiger partial charge in [-0.2, -0.15) is 0 Å². The molecule has 1 N–H and O–H groups in total. The molecule has 17 heavy (non-hydrogen) atoms. The van der Waals surface area contributed by atoms with E-state index in [1.54, 1.807) is 27.2 Å². The topological polar surface area (TPSA) is 54.5 Å². The molecule has 1 aromatic heterocycles. The van der Waals surface area contributed by atoms with Crippen molar-refractivity contribution in [2.45, 2.75) is 18.9 Å². The lowest BCUT2D eigenvalue weighted by Gasteiger charge is -2.14. The normalized spacial score (nSPS) is 14.3. The maximum atomic E-state index is 12.0. The van der Waals surface area contributed by atoms with Crippen molar-refractivity contribution < 1.29 is 9.53 Å². The molecule has 2 rings (SSSR count). The Hall–Kier alpha value is -1.78. The van der Waals surface area contributed by atoms with Crippen molar-refractivity contribution in [2.75, 3.05) is 26.5 Å². The molecule has 0 saturated heterocycles. The van der Waals surface area contributed by atoms with Crippen molar-refractivity contribution >= 4 is 11.7 Å². The van der Waals surface area contributed by atoms with Gasteiger partial charge < -0.3 is 15.0 Å². The molecule has 92 valence electrons. The monoisotopic (exact) mass is 235 g/mol. The molecule has 0 unspecified atom stereocenters. The van der Waals surface area contributed by atoms with E-state index >= 15 is 0 Å². The summed E-state index contributed by atoms with van der Waals surface area (Å²) in [6.45, 7) is 0. The van der Waals surface area contributed by atoms with E-state index in [9.17, 15) is 4.79 Å². The first-order valence-electron chi connectivity index (χ1n) is 5.69. The third kappa shape index (κ3) is 2.67. The SMILES string of the molecule is CNc1ccc(OC2CC2)c(C(=O)N(C)C)n1. The molecule has 0 atom stereocenters. The van der Waals surface area contributed by atoms with Gasteiger partial charge in [-0.3, -0.25) is 4.79 Å². The lowest BCUT2D eigenvalue weighted by Crippen LogP contribution is -2.24. The summed E-state index contributed by atoms with van der Waals surface area (Å²) in [7, 11) is 5.18. The van der Waals surface area contributed by atoms with E-state index < -0.39 is 0 Å². The Labute approximate surface area is 101 Å². The van der Waals surface area contributed by atoms with Crippen LogP contribution in [0.2, 0.25) is 0 Å². The average Bonchev–Trinajstić information content (AvgIpc) is 3.12. The van der Waals surface area contributed by atoms with Crippen LogP contribution in [0.15, 0.2) is 12.1 Å². The fourth-order valence-electron chi connectivity index (χ4n) is 1.41. The molecule has 0 aromatic carbocycles. The lowest BCUT2D eigenvalue weighted by molar-refractivity contribution is 0.0817. The molecule has 1 aliphatic rings. The van der Waals surface area contributed by atoms with Crippen molar-refractivity contribution in [1.82, 2.24) is 9.88 Å². The average molecular weight is 235 g/mol. The molecule has 0 radical (unpaired) electrons. The number of hydrogen-bond acceptors (Lipinski definition) is 4. The minimum atomic E-state index is -0.141. The fourth-order valence-corrected chi connectivity index (χ4v) is 1.41. The van der Waals surface area contributed by atoms with Crippen LogP contribution in [-0.2, 0) is 0 Å². The molecule has 5 heteroatoms. The molecule has 1 aromatic rings. The van der Waals surface area contributed by atoms with Crippen LogP contribution in [0.1, 0.15) is 23.3 Å². The van der Waals surface area contributed by atoms with Crippen molar-refractivity contribution in [2.24, 2.45) is 0 Å². The molecule has 0 bridgehead atoms. The standard InChI is InChI=1S/C12H17N3O2/c1-13-10-7-6-9(17-8-4-5-8)11(14-10)12(16)15(2)3/h6-8H,4-5H2,1-3H3,(H,13,14). The first-order chi connectivity index (χ1) is 8.11. The summed E-state index contributed by atoms with van der Waals surface area (Å²) >= 11 is 0. The number of rotatable bonds is 4. The van der Waals surface area contributed by atoms with Crippen molar-refractivity contribution in [3.8, 4) is 5.75 Å². The van der Waals surface area contributed by atoms with Gasteiger partial charge in [-0.1, -0.05) is 0 Å². The fraction of sp³-hybridized carbons (Fsp3) is 0.500. The third-order valence-corrected chi connectivity index (χ3v) is 2.54. The van der Waals surface area contributed by atoms with Crippen LogP contribution >= 0.6 is 0 Å². The molecule has 0 spiro atoms. The van der Waals surface area contributed by atoms with Gasteiger partial charge in [0.05, 0.1) is 6.10 Å². The summed E-state index contributed by atoms with van der Waals surface area (Å²) in [5, 5.41) is 2.92. The molecule has 1 aliphatic carbocycles. The van der Waals surface area contributed by atoms with Gasteiger partial charge in [0.15, 0.2) is 11.4 Å². The molecule has 1 heterocycles. The number of pyridine rings is 1. The van der Waals surface area contributed by atoms with E-state index in [4.69, 9.17) is 4.74 Å². The molecule has 1 saturated carbocycles. The molecule has 0 aliphatic heterocycles. The number of nitrogens with zero attached hydrogens (tertiary/aromatic N) is 2. The Kier molecular flexibility index (Phi) is 3.17. The zero-order valence-corrected chi connectivity index (χ0v) is 10.4. The third-order valence-electron chi connectivity index (χ3n) is 2.54. The number of aromatic nitrogens is 1. The predicted molar refractivity (Wildman–Crippen MR) is 65.5 cm³/mol. The summed E-state index contributed by atoms with van der Waals surface area (Å²) in [4.78, 5) is 17.8. The van der Waals surface area contributed by atoms with Gasteiger partial charge in [-0.05, 0) is 25.0 Å². The van der Waals surface area contributed by atoms with E-state index in [-0.39, 0.29) is 12.0 Å². The molecular formula is C12H17N3O2. The van der Waals surface area contributed by atoms with Crippen molar-refractivity contribution in [3.05, 3.63) is 17.8 Å². The Morgan fingerprint density at radius 1 is 1.47 bits per heavy atom. The molecule has 1 fully saturated rings. The van der Waals surface area contributed by atoms with E-state index in [0.29, 0.717) is 17.3 Å². The maximum absolute atomic E-state index is 12.0. The second-order valence-electron chi connectivity index (χ2n) is 4.31. The number of anilines is 1. The number of nitrogens with one attached hydrogen (secondary N) is 1. The second kappa shape index (κ2) is 4.61. The van der Waals surface area contributed by atoms with Crippen molar-refractivity contribution in [3.63, 3.8) is 0 Å². The Bertz CT molecular complexity index is 428. The Morgan fingerprint density at radius 2 is 2.18 bits per heavy atom. The Balaban J connectivity index is 2.31. The highest BCUT2D eigenvalue weighted by Crippen LogP contribution is 2.29. The summed E-state index contributed by atoms with van der Waals surface area (Å²) in [6, 6.07) is 3.61. The van der Waals surface area contributed by atoms with Gasteiger partial charge in [-0.25, -0.2) is 4.98 Å². The minimum Gasteiger partial charge on any atom is -0.488 e. The van der Waals surface area contributed by atoms with E-state index in [2.05, 4.69) is 10.3 Å². The molecule has 1 amide bonds. The van der Waals surface area contributed by atoms with E-state index in [1.165, 1.54) is 4.90 Å². The zero-order valence-electron chi connectivity index (χ0n) is 10.4.